The van der Waals surface area contributed by atoms with E-state index in [1.165, 1.54) is 18.2 Å². The van der Waals surface area contributed by atoms with Gasteiger partial charge in [0.2, 0.25) is 0 Å². The van der Waals surface area contributed by atoms with E-state index in [-0.39, 0.29) is 5.57 Å². The van der Waals surface area contributed by atoms with Gasteiger partial charge in [0.05, 0.1) is 16.6 Å². The third kappa shape index (κ3) is 7.80. The lowest BCUT2D eigenvalue weighted by molar-refractivity contribution is -0.137. The van der Waals surface area contributed by atoms with Crippen LogP contribution in [0.4, 0.5) is 30.2 Å². The number of benzene rings is 7. The van der Waals surface area contributed by atoms with Gasteiger partial charge in [-0.25, -0.2) is 0 Å². The predicted molar refractivity (Wildman–Crippen MR) is 225 cm³/mol. The molecule has 8 aromatic rings. The molecule has 0 bridgehead atoms. The smallest absolute Gasteiger partial charge is 0.311 e. The number of allylic oxidation sites excluding steroid dienone is 1. The van der Waals surface area contributed by atoms with Crippen LogP contribution in [0.3, 0.4) is 0 Å². The van der Waals surface area contributed by atoms with E-state index in [1.807, 2.05) is 126 Å². The number of halogens is 3. The number of nitrogens with zero attached hydrogens (tertiary/aromatic N) is 4. The van der Waals surface area contributed by atoms with Crippen molar-refractivity contribution in [3.8, 4) is 41.5 Å². The molecule has 8 rings (SSSR count). The number of rotatable bonds is 5. The summed E-state index contributed by atoms with van der Waals surface area (Å²) in [4.78, 5) is 2.18. The van der Waals surface area contributed by atoms with E-state index in [0.29, 0.717) is 16.8 Å². The molecule has 0 saturated carbocycles. The minimum atomic E-state index is -4.47. The molecular weight excluding hydrogens is 726 g/mol. The summed E-state index contributed by atoms with van der Waals surface area (Å²) in [6.45, 7) is 0. The lowest BCUT2D eigenvalue weighted by Gasteiger charge is -2.25. The van der Waals surface area contributed by atoms with Crippen LogP contribution in [0.25, 0.3) is 33.6 Å². The van der Waals surface area contributed by atoms with Gasteiger partial charge in [0.25, 0.3) is 0 Å². The van der Waals surface area contributed by atoms with Gasteiger partial charge in [-0.2, -0.15) is 23.7 Å². The second kappa shape index (κ2) is 15.9. The molecule has 0 fully saturated rings. The zero-order valence-electron chi connectivity index (χ0n) is 30.7. The van der Waals surface area contributed by atoms with Crippen molar-refractivity contribution in [3.05, 3.63) is 209 Å². The maximum absolute atomic E-state index is 13.6. The summed E-state index contributed by atoms with van der Waals surface area (Å²) in [6, 6.07) is 56.2. The van der Waals surface area contributed by atoms with Crippen LogP contribution in [0.5, 0.6) is 0 Å². The predicted octanol–water partition coefficient (Wildman–Crippen LogP) is 12.5. The monoisotopic (exact) mass is 754 g/mol. The Morgan fingerprint density at radius 2 is 0.931 bits per heavy atom. The normalized spacial score (nSPS) is 10.7. The molecule has 0 spiro atoms. The molecule has 0 aliphatic heterocycles. The molecule has 0 aliphatic rings. The van der Waals surface area contributed by atoms with Gasteiger partial charge in [0.1, 0.15) is 17.7 Å². The van der Waals surface area contributed by atoms with Gasteiger partial charge < -0.3 is 9.47 Å². The number of alkyl halides is 3. The van der Waals surface area contributed by atoms with Crippen molar-refractivity contribution >= 4 is 44.9 Å². The first-order chi connectivity index (χ1) is 28.3. The van der Waals surface area contributed by atoms with E-state index in [4.69, 9.17) is 10.5 Å². The van der Waals surface area contributed by atoms with Crippen molar-refractivity contribution in [2.45, 2.75) is 6.18 Å². The number of aromatic nitrogens is 1. The van der Waals surface area contributed by atoms with Gasteiger partial charge in [-0.3, -0.25) is 0 Å². The van der Waals surface area contributed by atoms with Gasteiger partial charge in [-0.1, -0.05) is 84.3 Å². The fourth-order valence-corrected chi connectivity index (χ4v) is 6.75. The SMILES string of the molecule is N#CC(C#N)=Cc1ccc(C#Cc2ccc3c4ccc(C#Cc5ccc(N(c6ccccc6)c6ccccc6)cc5)cc4n(-c4ccc(C(F)(F)F)cc4)c3c2)cc1. The van der Waals surface area contributed by atoms with E-state index in [2.05, 4.69) is 52.8 Å². The molecule has 0 saturated heterocycles. The Balaban J connectivity index is 1.15. The Labute approximate surface area is 333 Å². The first kappa shape index (κ1) is 36.7. The van der Waals surface area contributed by atoms with Crippen molar-refractivity contribution < 1.29 is 13.2 Å². The van der Waals surface area contributed by atoms with Crippen molar-refractivity contribution in [3.63, 3.8) is 0 Å². The van der Waals surface area contributed by atoms with Crippen LogP contribution >= 0.6 is 0 Å². The average molecular weight is 755 g/mol. The van der Waals surface area contributed by atoms with Crippen LogP contribution in [0.2, 0.25) is 0 Å². The summed E-state index contributed by atoms with van der Waals surface area (Å²) in [5.41, 5.74) is 8.23. The minimum absolute atomic E-state index is 0.00938. The molecule has 7 heteroatoms. The molecule has 0 radical (unpaired) electrons. The highest BCUT2D eigenvalue weighted by Gasteiger charge is 2.30. The van der Waals surface area contributed by atoms with Crippen molar-refractivity contribution in [2.75, 3.05) is 4.90 Å². The summed E-state index contributed by atoms with van der Waals surface area (Å²) in [5.74, 6) is 13.0. The van der Waals surface area contributed by atoms with E-state index >= 15 is 0 Å². The Kier molecular flexibility index (Phi) is 10.0. The molecule has 0 aliphatic carbocycles. The first-order valence-electron chi connectivity index (χ1n) is 18.2. The standard InChI is InChI=1S/C51H29F3N4/c52-51(53,54)42-23-27-46(28-24-42)58-49-32-39(17-13-36-11-15-38(16-12-36)31-41(34-55)35-56)21-29-47(49)48-30-22-40(33-50(48)58)18-14-37-19-25-45(26-20-37)57(43-7-3-1-4-8-43)44-9-5-2-6-10-44/h1-12,15-16,19-33H. The van der Waals surface area contributed by atoms with E-state index in [0.717, 1.165) is 67.7 Å². The van der Waals surface area contributed by atoms with Gasteiger partial charge in [0.15, 0.2) is 0 Å². The van der Waals surface area contributed by atoms with Gasteiger partial charge in [-0.15, -0.1) is 0 Å². The molecule has 0 unspecified atom stereocenters. The molecule has 1 heterocycles. The summed E-state index contributed by atoms with van der Waals surface area (Å²) in [6.07, 6.45) is -2.96. The van der Waals surface area contributed by atoms with E-state index < -0.39 is 11.7 Å². The maximum atomic E-state index is 13.6. The third-order valence-corrected chi connectivity index (χ3v) is 9.54. The number of hydrogen-bond donors (Lipinski definition) is 0. The molecule has 0 atom stereocenters. The van der Waals surface area contributed by atoms with Crippen LogP contribution in [-0.4, -0.2) is 4.57 Å². The van der Waals surface area contributed by atoms with Crippen molar-refractivity contribution in [2.24, 2.45) is 0 Å². The highest BCUT2D eigenvalue weighted by atomic mass is 19.4. The second-order valence-corrected chi connectivity index (χ2v) is 13.3. The molecular formula is C51H29F3N4. The largest absolute Gasteiger partial charge is 0.416 e. The van der Waals surface area contributed by atoms with Gasteiger partial charge in [0, 0.05) is 55.8 Å². The molecule has 274 valence electrons. The van der Waals surface area contributed by atoms with Crippen LogP contribution < -0.4 is 4.90 Å². The van der Waals surface area contributed by atoms with Crippen LogP contribution in [0.1, 0.15) is 33.4 Å². The van der Waals surface area contributed by atoms with Gasteiger partial charge in [-0.05, 0) is 121 Å². The Hall–Kier alpha value is -8.23. The summed E-state index contributed by atoms with van der Waals surface area (Å²) in [7, 11) is 0. The van der Waals surface area contributed by atoms with Crippen molar-refractivity contribution in [1.82, 2.24) is 4.57 Å². The fourth-order valence-electron chi connectivity index (χ4n) is 6.75. The highest BCUT2D eigenvalue weighted by Crippen LogP contribution is 2.36. The lowest BCUT2D eigenvalue weighted by atomic mass is 10.1. The number of para-hydroxylation sites is 2. The minimum Gasteiger partial charge on any atom is -0.311 e. The zero-order valence-corrected chi connectivity index (χ0v) is 30.7. The topological polar surface area (TPSA) is 55.8 Å². The third-order valence-electron chi connectivity index (χ3n) is 9.54. The number of hydrogen-bond acceptors (Lipinski definition) is 3. The lowest BCUT2D eigenvalue weighted by Crippen LogP contribution is -2.09. The number of nitriles is 2. The average Bonchev–Trinajstić information content (AvgIpc) is 3.58. The summed E-state index contributed by atoms with van der Waals surface area (Å²) < 4.78 is 42.7. The van der Waals surface area contributed by atoms with Crippen LogP contribution in [0, 0.1) is 46.3 Å². The Bertz CT molecular complexity index is 2980. The highest BCUT2D eigenvalue weighted by molar-refractivity contribution is 6.10. The molecule has 4 nitrogen and oxygen atoms in total. The Morgan fingerprint density at radius 1 is 0.500 bits per heavy atom. The summed E-state index contributed by atoms with van der Waals surface area (Å²) >= 11 is 0. The molecule has 58 heavy (non-hydrogen) atoms. The summed E-state index contributed by atoms with van der Waals surface area (Å²) in [5, 5.41) is 19.9. The van der Waals surface area contributed by atoms with Crippen molar-refractivity contribution in [1.29, 1.82) is 10.5 Å². The second-order valence-electron chi connectivity index (χ2n) is 13.3. The van der Waals surface area contributed by atoms with Crippen LogP contribution in [0.15, 0.2) is 175 Å². The van der Waals surface area contributed by atoms with Gasteiger partial charge >= 0.3 is 6.18 Å². The van der Waals surface area contributed by atoms with Crippen LogP contribution in [-0.2, 0) is 6.18 Å². The zero-order chi connectivity index (χ0) is 40.1. The number of anilines is 3. The number of fused-ring (bicyclic) bond motifs is 3. The fraction of sp³-hybridized carbons (Fsp3) is 0.0196. The first-order valence-corrected chi connectivity index (χ1v) is 18.2. The molecule has 0 N–H and O–H groups in total. The maximum Gasteiger partial charge on any atom is 0.416 e. The quantitative estimate of drug-likeness (QED) is 0.130. The Morgan fingerprint density at radius 3 is 1.40 bits per heavy atom. The molecule has 1 aromatic heterocycles. The molecule has 0 amide bonds. The van der Waals surface area contributed by atoms with E-state index in [9.17, 15) is 13.2 Å². The van der Waals surface area contributed by atoms with E-state index in [1.54, 1.807) is 12.1 Å². The molecule has 7 aromatic carbocycles.